The Kier molecular flexibility index (Phi) is 7.10. The standard InChI is InChI=1S/C29H30N6O3/c1-17-12-20-15-21(7-9-25(20)32-17)33-28(37)26(10-11-31-27(36)16-30)35-29(38)34-22-6-8-24-19(14-22)13-18-4-2-3-5-23(18)24/h2-9,12,14-15,26,32H,10-11,13,16,30H2,1H3,(H,31,36)(H,33,37)(H2,34,35,38). The number of fused-ring (bicyclic) bond motifs is 4. The molecule has 1 aliphatic carbocycles. The summed E-state index contributed by atoms with van der Waals surface area (Å²) in [6.07, 6.45) is 0.996. The van der Waals surface area contributed by atoms with Gasteiger partial charge in [0.1, 0.15) is 6.04 Å². The predicted molar refractivity (Wildman–Crippen MR) is 149 cm³/mol. The number of amides is 4. The van der Waals surface area contributed by atoms with Crippen molar-refractivity contribution < 1.29 is 14.4 Å². The van der Waals surface area contributed by atoms with E-state index in [1.807, 2.05) is 55.5 Å². The van der Waals surface area contributed by atoms with Crippen molar-refractivity contribution in [1.82, 2.24) is 15.6 Å². The van der Waals surface area contributed by atoms with Gasteiger partial charge >= 0.3 is 6.03 Å². The van der Waals surface area contributed by atoms with E-state index >= 15 is 0 Å². The van der Waals surface area contributed by atoms with Crippen LogP contribution in [0.4, 0.5) is 16.2 Å². The van der Waals surface area contributed by atoms with Crippen molar-refractivity contribution in [1.29, 1.82) is 0 Å². The fourth-order valence-electron chi connectivity index (χ4n) is 4.83. The van der Waals surface area contributed by atoms with Crippen molar-refractivity contribution in [3.63, 3.8) is 0 Å². The molecule has 7 N–H and O–H groups in total. The van der Waals surface area contributed by atoms with Crippen molar-refractivity contribution in [2.24, 2.45) is 5.73 Å². The molecule has 1 heterocycles. The molecular weight excluding hydrogens is 480 g/mol. The molecule has 3 aromatic carbocycles. The first-order valence-corrected chi connectivity index (χ1v) is 12.6. The minimum Gasteiger partial charge on any atom is -0.359 e. The highest BCUT2D eigenvalue weighted by Gasteiger charge is 2.22. The molecule has 1 aromatic heterocycles. The van der Waals surface area contributed by atoms with E-state index in [9.17, 15) is 14.4 Å². The zero-order chi connectivity index (χ0) is 26.6. The Bertz CT molecular complexity index is 1530. The normalized spacial score (nSPS) is 12.4. The van der Waals surface area contributed by atoms with Gasteiger partial charge in [-0.15, -0.1) is 0 Å². The number of rotatable bonds is 8. The van der Waals surface area contributed by atoms with Gasteiger partial charge in [0.2, 0.25) is 11.8 Å². The average molecular weight is 511 g/mol. The highest BCUT2D eigenvalue weighted by molar-refractivity contribution is 6.00. The van der Waals surface area contributed by atoms with Gasteiger partial charge in [-0.25, -0.2) is 4.79 Å². The number of carbonyl (C=O) groups excluding carboxylic acids is 3. The van der Waals surface area contributed by atoms with Crippen LogP contribution in [0.2, 0.25) is 0 Å². The second-order valence-electron chi connectivity index (χ2n) is 9.44. The van der Waals surface area contributed by atoms with Crippen LogP contribution in [0.5, 0.6) is 0 Å². The minimum absolute atomic E-state index is 0.150. The van der Waals surface area contributed by atoms with Crippen LogP contribution in [0.15, 0.2) is 66.7 Å². The van der Waals surface area contributed by atoms with Crippen molar-refractivity contribution in [2.75, 3.05) is 23.7 Å². The van der Waals surface area contributed by atoms with Gasteiger partial charge in [0.05, 0.1) is 6.54 Å². The van der Waals surface area contributed by atoms with Crippen molar-refractivity contribution in [3.8, 4) is 11.1 Å². The smallest absolute Gasteiger partial charge is 0.319 e. The van der Waals surface area contributed by atoms with Crippen molar-refractivity contribution >= 4 is 40.1 Å². The SMILES string of the molecule is Cc1cc2cc(NC(=O)C(CCNC(=O)CN)NC(=O)Nc3ccc4c(c3)Cc3ccccc3-4)ccc2[nH]1. The van der Waals surface area contributed by atoms with E-state index in [0.29, 0.717) is 11.4 Å². The van der Waals surface area contributed by atoms with Gasteiger partial charge in [-0.05, 0) is 78.4 Å². The Morgan fingerprint density at radius 3 is 2.53 bits per heavy atom. The summed E-state index contributed by atoms with van der Waals surface area (Å²) >= 11 is 0. The number of nitrogens with one attached hydrogen (secondary N) is 5. The number of urea groups is 1. The molecule has 1 atom stereocenters. The number of benzene rings is 3. The molecule has 0 spiro atoms. The summed E-state index contributed by atoms with van der Waals surface area (Å²) in [6, 6.07) is 20.2. The molecule has 0 fully saturated rings. The molecule has 5 rings (SSSR count). The summed E-state index contributed by atoms with van der Waals surface area (Å²) in [5, 5.41) is 12.1. The van der Waals surface area contributed by atoms with Crippen LogP contribution in [-0.4, -0.2) is 42.0 Å². The lowest BCUT2D eigenvalue weighted by Crippen LogP contribution is -2.47. The zero-order valence-corrected chi connectivity index (χ0v) is 21.1. The Labute approximate surface area is 220 Å². The molecule has 4 amide bonds. The molecule has 0 aliphatic heterocycles. The van der Waals surface area contributed by atoms with E-state index in [4.69, 9.17) is 5.73 Å². The Balaban J connectivity index is 1.26. The number of nitrogens with two attached hydrogens (primary N) is 1. The third-order valence-electron chi connectivity index (χ3n) is 6.64. The number of aromatic amines is 1. The first-order chi connectivity index (χ1) is 18.4. The molecular formula is C29H30N6O3. The number of aromatic nitrogens is 1. The molecule has 0 saturated carbocycles. The molecule has 1 unspecified atom stereocenters. The minimum atomic E-state index is -0.893. The number of carbonyl (C=O) groups is 3. The van der Waals surface area contributed by atoms with Gasteiger partial charge in [0.25, 0.3) is 0 Å². The van der Waals surface area contributed by atoms with Crippen molar-refractivity contribution in [2.45, 2.75) is 25.8 Å². The summed E-state index contributed by atoms with van der Waals surface area (Å²) in [5.74, 6) is -0.723. The summed E-state index contributed by atoms with van der Waals surface area (Å²) in [7, 11) is 0. The van der Waals surface area contributed by atoms with E-state index in [1.54, 1.807) is 6.07 Å². The van der Waals surface area contributed by atoms with Crippen LogP contribution < -0.4 is 27.0 Å². The summed E-state index contributed by atoms with van der Waals surface area (Å²) < 4.78 is 0. The maximum Gasteiger partial charge on any atom is 0.319 e. The van der Waals surface area contributed by atoms with E-state index < -0.39 is 18.0 Å². The molecule has 0 saturated heterocycles. The second kappa shape index (κ2) is 10.8. The van der Waals surface area contributed by atoms with E-state index in [-0.39, 0.29) is 25.4 Å². The third kappa shape index (κ3) is 5.52. The monoisotopic (exact) mass is 510 g/mol. The molecule has 4 aromatic rings. The maximum absolute atomic E-state index is 13.2. The highest BCUT2D eigenvalue weighted by atomic mass is 16.2. The number of aryl methyl sites for hydroxylation is 1. The van der Waals surface area contributed by atoms with E-state index in [0.717, 1.165) is 34.1 Å². The lowest BCUT2D eigenvalue weighted by molar-refractivity contribution is -0.120. The van der Waals surface area contributed by atoms with Gasteiger partial charge in [-0.1, -0.05) is 30.3 Å². The summed E-state index contributed by atoms with van der Waals surface area (Å²) in [5.41, 5.74) is 13.4. The van der Waals surface area contributed by atoms with Crippen LogP contribution in [0.25, 0.3) is 22.0 Å². The number of H-pyrrole nitrogens is 1. The highest BCUT2D eigenvalue weighted by Crippen LogP contribution is 2.37. The molecule has 9 nitrogen and oxygen atoms in total. The van der Waals surface area contributed by atoms with Crippen LogP contribution in [0.1, 0.15) is 23.2 Å². The molecule has 0 radical (unpaired) electrons. The first kappa shape index (κ1) is 25.0. The molecule has 0 bridgehead atoms. The van der Waals surface area contributed by atoms with Crippen LogP contribution in [-0.2, 0) is 16.0 Å². The van der Waals surface area contributed by atoms with Gasteiger partial charge in [0.15, 0.2) is 0 Å². The fraction of sp³-hybridized carbons (Fsp3) is 0.207. The Hall–Kier alpha value is -4.63. The summed E-state index contributed by atoms with van der Waals surface area (Å²) in [6.45, 7) is 2.00. The number of hydrogen-bond acceptors (Lipinski definition) is 4. The largest absolute Gasteiger partial charge is 0.359 e. The van der Waals surface area contributed by atoms with Gasteiger partial charge in [-0.3, -0.25) is 9.59 Å². The predicted octanol–water partition coefficient (Wildman–Crippen LogP) is 3.64. The topological polar surface area (TPSA) is 141 Å². The van der Waals surface area contributed by atoms with E-state index in [1.165, 1.54) is 11.1 Å². The number of anilines is 2. The summed E-state index contributed by atoms with van der Waals surface area (Å²) in [4.78, 5) is 40.9. The zero-order valence-electron chi connectivity index (χ0n) is 21.1. The Morgan fingerprint density at radius 1 is 0.921 bits per heavy atom. The van der Waals surface area contributed by atoms with Crippen LogP contribution >= 0.6 is 0 Å². The first-order valence-electron chi connectivity index (χ1n) is 12.6. The van der Waals surface area contributed by atoms with Gasteiger partial charge in [-0.2, -0.15) is 0 Å². The van der Waals surface area contributed by atoms with Gasteiger partial charge in [0, 0.05) is 34.5 Å². The molecule has 194 valence electrons. The van der Waals surface area contributed by atoms with Gasteiger partial charge < -0.3 is 32.0 Å². The Morgan fingerprint density at radius 2 is 1.68 bits per heavy atom. The number of hydrogen-bond donors (Lipinski definition) is 6. The average Bonchev–Trinajstić information content (AvgIpc) is 3.46. The lowest BCUT2D eigenvalue weighted by Gasteiger charge is -2.19. The van der Waals surface area contributed by atoms with E-state index in [2.05, 4.69) is 38.4 Å². The molecule has 38 heavy (non-hydrogen) atoms. The maximum atomic E-state index is 13.2. The third-order valence-corrected chi connectivity index (χ3v) is 6.64. The fourth-order valence-corrected chi connectivity index (χ4v) is 4.83. The van der Waals surface area contributed by atoms with Crippen LogP contribution in [0, 0.1) is 6.92 Å². The van der Waals surface area contributed by atoms with Crippen molar-refractivity contribution in [3.05, 3.63) is 83.6 Å². The molecule has 1 aliphatic rings. The lowest BCUT2D eigenvalue weighted by atomic mass is 10.1. The second-order valence-corrected chi connectivity index (χ2v) is 9.44. The molecule has 9 heteroatoms. The van der Waals surface area contributed by atoms with Crippen LogP contribution in [0.3, 0.4) is 0 Å². The quantitative estimate of drug-likeness (QED) is 0.190.